The van der Waals surface area contributed by atoms with Crippen molar-refractivity contribution in [1.29, 1.82) is 10.5 Å². The molecule has 0 amide bonds. The minimum atomic E-state index is 0.0799. The number of nitrogens with zero attached hydrogens (tertiary/aromatic N) is 6. The normalized spacial score (nSPS) is 17.6. The topological polar surface area (TPSA) is 62.2 Å². The highest BCUT2D eigenvalue weighted by atomic mass is 15.2. The minimum absolute atomic E-state index is 0.0799. The molecule has 0 saturated carbocycles. The molecule has 1 aromatic heterocycles. The van der Waals surface area contributed by atoms with Crippen molar-refractivity contribution in [2.45, 2.75) is 37.3 Å². The van der Waals surface area contributed by atoms with Gasteiger partial charge < -0.3 is 19.3 Å². The Labute approximate surface area is 397 Å². The Morgan fingerprint density at radius 3 is 1.88 bits per heavy atom. The fourth-order valence-corrected chi connectivity index (χ4v) is 10.9. The summed E-state index contributed by atoms with van der Waals surface area (Å²) in [7, 11) is 0. The van der Waals surface area contributed by atoms with Gasteiger partial charge >= 0.3 is 0 Å². The molecule has 3 unspecified atom stereocenters. The molecule has 6 heteroatoms. The molecule has 12 rings (SSSR count). The Hall–Kier alpha value is -8.84. The number of anilines is 6. The number of hydrogen-bond donors (Lipinski definition) is 0. The highest BCUT2D eigenvalue weighted by Crippen LogP contribution is 2.50. The molecule has 2 heterocycles. The van der Waals surface area contributed by atoms with Crippen LogP contribution in [0.4, 0.5) is 34.1 Å². The maximum Gasteiger partial charge on any atom is 0.0991 e. The zero-order valence-corrected chi connectivity index (χ0v) is 37.4. The van der Waals surface area contributed by atoms with Crippen LogP contribution < -0.4 is 14.7 Å². The van der Waals surface area contributed by atoms with Gasteiger partial charge in [-0.05, 0) is 163 Å². The van der Waals surface area contributed by atoms with Crippen LogP contribution in [0.15, 0.2) is 224 Å². The lowest BCUT2D eigenvalue weighted by molar-refractivity contribution is 0.711. The Balaban J connectivity index is 0.874. The second-order valence-corrected chi connectivity index (χ2v) is 17.8. The van der Waals surface area contributed by atoms with Crippen molar-refractivity contribution >= 4 is 56.7 Å². The zero-order valence-electron chi connectivity index (χ0n) is 37.4. The van der Waals surface area contributed by atoms with Crippen molar-refractivity contribution in [2.24, 2.45) is 0 Å². The first-order chi connectivity index (χ1) is 33.6. The Morgan fingerprint density at radius 2 is 1.19 bits per heavy atom. The second-order valence-electron chi connectivity index (χ2n) is 17.8. The summed E-state index contributed by atoms with van der Waals surface area (Å²) in [6.45, 7) is 0. The largest absolute Gasteiger partial charge is 0.338 e. The van der Waals surface area contributed by atoms with Crippen molar-refractivity contribution in [1.82, 2.24) is 4.57 Å². The molecule has 4 aliphatic rings. The SMILES string of the molecule is N#Cc1ccc(N(c2ccc(C3=CC=C(N(c4ccc(C#N)cc4)C4C=Cc5c(c6ccccc6n5-c5ccccc5)C4)CC3)cc2)c2ccc3c(c2)C2C=CC=CC2N3c2ccccc2)cc1. The summed E-state index contributed by atoms with van der Waals surface area (Å²) in [5.41, 5.74) is 17.8. The fraction of sp³-hybridized carbons (Fsp3) is 0.0968. The Bertz CT molecular complexity index is 3450. The third-order valence-electron chi connectivity index (χ3n) is 14.0. The lowest BCUT2D eigenvalue weighted by atomic mass is 9.91. The number of allylic oxidation sites excluding steroid dienone is 6. The van der Waals surface area contributed by atoms with Crippen LogP contribution in [0.1, 0.15) is 52.3 Å². The van der Waals surface area contributed by atoms with Crippen LogP contribution in [0.25, 0.3) is 28.2 Å². The number of rotatable bonds is 9. The molecule has 0 bridgehead atoms. The van der Waals surface area contributed by atoms with Crippen molar-refractivity contribution < 1.29 is 0 Å². The van der Waals surface area contributed by atoms with E-state index in [0.717, 1.165) is 47.7 Å². The van der Waals surface area contributed by atoms with E-state index in [1.807, 2.05) is 36.4 Å². The molecule has 0 spiro atoms. The maximum absolute atomic E-state index is 9.69. The van der Waals surface area contributed by atoms with Gasteiger partial charge in [-0.3, -0.25) is 0 Å². The number of fused-ring (bicyclic) bond motifs is 6. The van der Waals surface area contributed by atoms with E-state index in [2.05, 4.69) is 220 Å². The van der Waals surface area contributed by atoms with Crippen LogP contribution in [0.5, 0.6) is 0 Å². The molecule has 8 aromatic rings. The number of para-hydroxylation sites is 3. The van der Waals surface area contributed by atoms with Gasteiger partial charge in [-0.2, -0.15) is 10.5 Å². The van der Waals surface area contributed by atoms with Gasteiger partial charge in [0.15, 0.2) is 0 Å². The lowest BCUT2D eigenvalue weighted by Gasteiger charge is -2.37. The van der Waals surface area contributed by atoms with Gasteiger partial charge in [0.2, 0.25) is 0 Å². The van der Waals surface area contributed by atoms with Crippen molar-refractivity contribution in [3.63, 3.8) is 0 Å². The van der Waals surface area contributed by atoms with Crippen molar-refractivity contribution in [2.75, 3.05) is 14.7 Å². The molecular formula is C62H46N6. The molecule has 7 aromatic carbocycles. The average molecular weight is 875 g/mol. The third-order valence-corrected chi connectivity index (χ3v) is 14.0. The summed E-state index contributed by atoms with van der Waals surface area (Å²) in [4.78, 5) is 7.24. The van der Waals surface area contributed by atoms with E-state index in [1.165, 1.54) is 55.9 Å². The van der Waals surface area contributed by atoms with E-state index in [4.69, 9.17) is 0 Å². The van der Waals surface area contributed by atoms with Gasteiger partial charge in [0.05, 0.1) is 40.9 Å². The van der Waals surface area contributed by atoms with Crippen LogP contribution >= 0.6 is 0 Å². The molecule has 0 fully saturated rings. The summed E-state index contributed by atoms with van der Waals surface area (Å²) < 4.78 is 2.39. The van der Waals surface area contributed by atoms with Crippen molar-refractivity contribution in [3.05, 3.63) is 258 Å². The van der Waals surface area contributed by atoms with Gasteiger partial charge in [0, 0.05) is 62.5 Å². The third kappa shape index (κ3) is 7.12. The van der Waals surface area contributed by atoms with Gasteiger partial charge in [-0.1, -0.05) is 103 Å². The van der Waals surface area contributed by atoms with Crippen LogP contribution in [-0.4, -0.2) is 16.7 Å². The molecule has 0 N–H and O–H groups in total. The van der Waals surface area contributed by atoms with E-state index in [0.29, 0.717) is 11.1 Å². The van der Waals surface area contributed by atoms with Crippen LogP contribution in [0.2, 0.25) is 0 Å². The fourth-order valence-electron chi connectivity index (χ4n) is 10.9. The standard InChI is InChI=1S/C62H46N6/c63-41-43-19-27-49(28-20-43)65(53-35-37-61-57(39-53)55-15-7-9-17-59(55)67(61)47-11-3-1-4-12-47)51-31-23-45(24-32-51)46-25-33-52(34-26-46)66(50-29-21-44(42-64)22-30-50)54-36-38-62-58(40-54)56-16-8-10-18-60(56)68(62)48-13-5-2-6-14-48/h1-25,27-33,35-39,54-55,59H,26,34,40H2. The smallest absolute Gasteiger partial charge is 0.0991 e. The predicted octanol–water partition coefficient (Wildman–Crippen LogP) is 14.8. The number of aromatic nitrogens is 1. The molecule has 324 valence electrons. The van der Waals surface area contributed by atoms with Gasteiger partial charge in [-0.25, -0.2) is 0 Å². The van der Waals surface area contributed by atoms with E-state index < -0.39 is 0 Å². The molecule has 3 aliphatic carbocycles. The number of hydrogen-bond acceptors (Lipinski definition) is 5. The Morgan fingerprint density at radius 1 is 0.559 bits per heavy atom. The van der Waals surface area contributed by atoms with E-state index in [9.17, 15) is 10.5 Å². The maximum atomic E-state index is 9.69. The molecule has 6 nitrogen and oxygen atoms in total. The monoisotopic (exact) mass is 874 g/mol. The van der Waals surface area contributed by atoms with Crippen LogP contribution in [-0.2, 0) is 6.42 Å². The molecule has 0 radical (unpaired) electrons. The second kappa shape index (κ2) is 17.2. The van der Waals surface area contributed by atoms with E-state index in [1.54, 1.807) is 0 Å². The summed E-state index contributed by atoms with van der Waals surface area (Å²) >= 11 is 0. The van der Waals surface area contributed by atoms with Crippen molar-refractivity contribution in [3.8, 4) is 17.8 Å². The minimum Gasteiger partial charge on any atom is -0.338 e. The summed E-state index contributed by atoms with van der Waals surface area (Å²) in [6.07, 6.45) is 20.8. The lowest BCUT2D eigenvalue weighted by Crippen LogP contribution is -2.36. The molecule has 0 saturated heterocycles. The molecular weight excluding hydrogens is 829 g/mol. The predicted molar refractivity (Wildman–Crippen MR) is 278 cm³/mol. The highest BCUT2D eigenvalue weighted by Gasteiger charge is 2.38. The van der Waals surface area contributed by atoms with Gasteiger partial charge in [0.25, 0.3) is 0 Å². The van der Waals surface area contributed by atoms with Gasteiger partial charge in [0.1, 0.15) is 0 Å². The van der Waals surface area contributed by atoms with E-state index in [-0.39, 0.29) is 18.0 Å². The molecule has 68 heavy (non-hydrogen) atoms. The van der Waals surface area contributed by atoms with E-state index >= 15 is 0 Å². The van der Waals surface area contributed by atoms with Crippen LogP contribution in [0, 0.1) is 22.7 Å². The first-order valence-electron chi connectivity index (χ1n) is 23.4. The average Bonchev–Trinajstić information content (AvgIpc) is 3.92. The Kier molecular flexibility index (Phi) is 10.3. The summed E-state index contributed by atoms with van der Waals surface area (Å²) in [6, 6.07) is 66.6. The zero-order chi connectivity index (χ0) is 45.6. The summed E-state index contributed by atoms with van der Waals surface area (Å²) in [5.74, 6) is 0.220. The first-order valence-corrected chi connectivity index (χ1v) is 23.4. The molecule has 1 aliphatic heterocycles. The van der Waals surface area contributed by atoms with Crippen LogP contribution in [0.3, 0.4) is 0 Å². The molecule has 3 atom stereocenters. The number of nitriles is 2. The first kappa shape index (κ1) is 40.7. The summed E-state index contributed by atoms with van der Waals surface area (Å²) in [5, 5.41) is 20.7. The number of benzene rings is 7. The highest BCUT2D eigenvalue weighted by molar-refractivity contribution is 5.91. The quantitative estimate of drug-likeness (QED) is 0.145. The van der Waals surface area contributed by atoms with Gasteiger partial charge in [-0.15, -0.1) is 0 Å².